The third kappa shape index (κ3) is 2.86. The summed E-state index contributed by atoms with van der Waals surface area (Å²) in [6, 6.07) is -1.22. The van der Waals surface area contributed by atoms with Crippen LogP contribution in [0.25, 0.3) is 0 Å². The second kappa shape index (κ2) is 5.29. The van der Waals surface area contributed by atoms with E-state index in [9.17, 15) is 9.59 Å². The summed E-state index contributed by atoms with van der Waals surface area (Å²) in [6.07, 6.45) is 3.57. The number of carbonyl (C=O) groups is 2. The molecule has 0 spiro atoms. The number of nitrogens with zero attached hydrogens (tertiary/aromatic N) is 3. The molecule has 0 saturated carbocycles. The van der Waals surface area contributed by atoms with Crippen molar-refractivity contribution in [2.24, 2.45) is 5.92 Å². The molecule has 2 amide bonds. The summed E-state index contributed by atoms with van der Waals surface area (Å²) in [5.41, 5.74) is 0. The zero-order chi connectivity index (χ0) is 14.0. The van der Waals surface area contributed by atoms with Crippen LogP contribution in [0.2, 0.25) is 0 Å². The van der Waals surface area contributed by atoms with Crippen LogP contribution in [0.5, 0.6) is 0 Å². The zero-order valence-corrected chi connectivity index (χ0v) is 11.0. The van der Waals surface area contributed by atoms with E-state index in [0.29, 0.717) is 19.6 Å². The van der Waals surface area contributed by atoms with Gasteiger partial charge in [0.1, 0.15) is 11.9 Å². The Morgan fingerprint density at radius 3 is 2.79 bits per heavy atom. The smallest absolute Gasteiger partial charge is 0.326 e. The van der Waals surface area contributed by atoms with E-state index in [2.05, 4.69) is 10.3 Å². The molecule has 2 rings (SSSR count). The first-order chi connectivity index (χ1) is 8.99. The number of urea groups is 1. The number of fused-ring (bicyclic) bond motifs is 1. The SMILES string of the molecule is CC(C)[C@@H](NC(=O)N1CCn2ccnc2C1)C(=O)O. The molecular weight excluding hydrogens is 248 g/mol. The van der Waals surface area contributed by atoms with Gasteiger partial charge in [0, 0.05) is 25.5 Å². The summed E-state index contributed by atoms with van der Waals surface area (Å²) in [6.45, 7) is 5.18. The van der Waals surface area contributed by atoms with Crippen LogP contribution in [0.3, 0.4) is 0 Å². The lowest BCUT2D eigenvalue weighted by Crippen LogP contribution is -2.51. The number of aromatic nitrogens is 2. The maximum absolute atomic E-state index is 12.1. The predicted molar refractivity (Wildman–Crippen MR) is 67.4 cm³/mol. The molecule has 2 N–H and O–H groups in total. The predicted octanol–water partition coefficient (Wildman–Crippen LogP) is 0.517. The normalized spacial score (nSPS) is 16.1. The molecule has 0 radical (unpaired) electrons. The molecule has 19 heavy (non-hydrogen) atoms. The second-order valence-electron chi connectivity index (χ2n) is 4.97. The largest absolute Gasteiger partial charge is 0.480 e. The molecule has 2 heterocycles. The van der Waals surface area contributed by atoms with Crippen LogP contribution in [0, 0.1) is 5.92 Å². The van der Waals surface area contributed by atoms with Gasteiger partial charge in [0.25, 0.3) is 0 Å². The number of aliphatic carboxylic acids is 1. The first-order valence-electron chi connectivity index (χ1n) is 6.27. The number of carboxylic acid groups (broad SMARTS) is 1. The summed E-state index contributed by atoms with van der Waals surface area (Å²) in [5.74, 6) is -0.354. The number of carbonyl (C=O) groups excluding carboxylic acids is 1. The highest BCUT2D eigenvalue weighted by Crippen LogP contribution is 2.11. The van der Waals surface area contributed by atoms with Gasteiger partial charge in [-0.05, 0) is 5.92 Å². The highest BCUT2D eigenvalue weighted by molar-refractivity contribution is 5.82. The van der Waals surface area contributed by atoms with E-state index in [-0.39, 0.29) is 11.9 Å². The Bertz CT molecular complexity index is 483. The molecule has 0 bridgehead atoms. The molecule has 1 aliphatic rings. The third-order valence-electron chi connectivity index (χ3n) is 3.24. The molecule has 0 aliphatic carbocycles. The van der Waals surface area contributed by atoms with E-state index >= 15 is 0 Å². The summed E-state index contributed by atoms with van der Waals surface area (Å²) >= 11 is 0. The zero-order valence-electron chi connectivity index (χ0n) is 11.0. The van der Waals surface area contributed by atoms with E-state index in [1.54, 1.807) is 24.9 Å². The van der Waals surface area contributed by atoms with Crippen molar-refractivity contribution in [3.05, 3.63) is 18.2 Å². The van der Waals surface area contributed by atoms with Crippen LogP contribution in [0.4, 0.5) is 4.79 Å². The van der Waals surface area contributed by atoms with Crippen molar-refractivity contribution in [3.63, 3.8) is 0 Å². The molecule has 0 unspecified atom stereocenters. The molecule has 1 aromatic rings. The fraction of sp³-hybridized carbons (Fsp3) is 0.583. The van der Waals surface area contributed by atoms with Gasteiger partial charge in [-0.1, -0.05) is 13.8 Å². The van der Waals surface area contributed by atoms with Crippen LogP contribution in [0.1, 0.15) is 19.7 Å². The molecule has 1 aromatic heterocycles. The Morgan fingerprint density at radius 2 is 2.16 bits per heavy atom. The van der Waals surface area contributed by atoms with Crippen molar-refractivity contribution in [2.45, 2.75) is 33.0 Å². The Labute approximate surface area is 111 Å². The number of hydrogen-bond acceptors (Lipinski definition) is 3. The van der Waals surface area contributed by atoms with Gasteiger partial charge < -0.3 is 19.9 Å². The van der Waals surface area contributed by atoms with Crippen LogP contribution in [-0.2, 0) is 17.9 Å². The molecule has 7 nitrogen and oxygen atoms in total. The van der Waals surface area contributed by atoms with Crippen molar-refractivity contribution in [2.75, 3.05) is 6.54 Å². The minimum Gasteiger partial charge on any atom is -0.480 e. The highest BCUT2D eigenvalue weighted by atomic mass is 16.4. The number of nitrogens with one attached hydrogen (secondary N) is 1. The lowest BCUT2D eigenvalue weighted by Gasteiger charge is -2.29. The van der Waals surface area contributed by atoms with Gasteiger partial charge in [-0.2, -0.15) is 0 Å². The Hall–Kier alpha value is -2.05. The topological polar surface area (TPSA) is 87.5 Å². The summed E-state index contributed by atoms with van der Waals surface area (Å²) in [4.78, 5) is 28.9. The van der Waals surface area contributed by atoms with Gasteiger partial charge in [0.05, 0.1) is 6.54 Å². The molecule has 7 heteroatoms. The van der Waals surface area contributed by atoms with Crippen LogP contribution < -0.4 is 5.32 Å². The standard InChI is InChI=1S/C12H18N4O3/c1-8(2)10(11(17)18)14-12(19)16-6-5-15-4-3-13-9(15)7-16/h3-4,8,10H,5-7H2,1-2H3,(H,14,19)(H,17,18)/t10-/m1/s1. The van der Waals surface area contributed by atoms with Crippen molar-refractivity contribution < 1.29 is 14.7 Å². The van der Waals surface area contributed by atoms with Crippen molar-refractivity contribution in [1.82, 2.24) is 19.8 Å². The van der Waals surface area contributed by atoms with Crippen LogP contribution in [0.15, 0.2) is 12.4 Å². The molecule has 1 atom stereocenters. The molecule has 0 saturated heterocycles. The van der Waals surface area contributed by atoms with Gasteiger partial charge in [0.15, 0.2) is 0 Å². The average Bonchev–Trinajstić information content (AvgIpc) is 2.81. The monoisotopic (exact) mass is 266 g/mol. The van der Waals surface area contributed by atoms with E-state index in [4.69, 9.17) is 5.11 Å². The molecule has 0 aromatic carbocycles. The first-order valence-corrected chi connectivity index (χ1v) is 6.27. The number of rotatable bonds is 3. The van der Waals surface area contributed by atoms with E-state index in [1.165, 1.54) is 0 Å². The maximum atomic E-state index is 12.1. The molecule has 1 aliphatic heterocycles. The minimum atomic E-state index is -1.01. The minimum absolute atomic E-state index is 0.159. The van der Waals surface area contributed by atoms with E-state index in [1.807, 2.05) is 10.8 Å². The quantitative estimate of drug-likeness (QED) is 0.834. The van der Waals surface area contributed by atoms with Crippen molar-refractivity contribution >= 4 is 12.0 Å². The lowest BCUT2D eigenvalue weighted by molar-refractivity contribution is -0.140. The lowest BCUT2D eigenvalue weighted by atomic mass is 10.1. The summed E-state index contributed by atoms with van der Waals surface area (Å²) < 4.78 is 1.99. The molecular formula is C12H18N4O3. The van der Waals surface area contributed by atoms with E-state index in [0.717, 1.165) is 5.82 Å². The van der Waals surface area contributed by atoms with Gasteiger partial charge in [-0.25, -0.2) is 14.6 Å². The van der Waals surface area contributed by atoms with Crippen molar-refractivity contribution in [3.8, 4) is 0 Å². The second-order valence-corrected chi connectivity index (χ2v) is 4.97. The molecule has 0 fully saturated rings. The Balaban J connectivity index is 2.00. The van der Waals surface area contributed by atoms with Crippen LogP contribution >= 0.6 is 0 Å². The van der Waals surface area contributed by atoms with Gasteiger partial charge in [-0.15, -0.1) is 0 Å². The fourth-order valence-corrected chi connectivity index (χ4v) is 2.08. The number of carboxylic acids is 1. The fourth-order valence-electron chi connectivity index (χ4n) is 2.08. The first kappa shape index (κ1) is 13.4. The van der Waals surface area contributed by atoms with Crippen LogP contribution in [-0.4, -0.2) is 44.1 Å². The highest BCUT2D eigenvalue weighted by Gasteiger charge is 2.27. The number of hydrogen-bond donors (Lipinski definition) is 2. The maximum Gasteiger partial charge on any atom is 0.326 e. The van der Waals surface area contributed by atoms with E-state index < -0.39 is 12.0 Å². The average molecular weight is 266 g/mol. The Kier molecular flexibility index (Phi) is 3.73. The molecule has 104 valence electrons. The third-order valence-corrected chi connectivity index (χ3v) is 3.24. The van der Waals surface area contributed by atoms with Gasteiger partial charge in [-0.3, -0.25) is 0 Å². The number of imidazole rings is 1. The summed E-state index contributed by atoms with van der Waals surface area (Å²) in [5, 5.41) is 11.6. The van der Waals surface area contributed by atoms with Gasteiger partial charge >= 0.3 is 12.0 Å². The van der Waals surface area contributed by atoms with Crippen molar-refractivity contribution in [1.29, 1.82) is 0 Å². The Morgan fingerprint density at radius 1 is 1.42 bits per heavy atom. The number of amides is 2. The van der Waals surface area contributed by atoms with Gasteiger partial charge in [0.2, 0.25) is 0 Å². The summed E-state index contributed by atoms with van der Waals surface area (Å²) in [7, 11) is 0.